The summed E-state index contributed by atoms with van der Waals surface area (Å²) in [6, 6.07) is 7.17. The Hall–Kier alpha value is -1.92. The van der Waals surface area contributed by atoms with Crippen molar-refractivity contribution in [2.75, 3.05) is 13.1 Å². The first-order valence-corrected chi connectivity index (χ1v) is 8.18. The molecule has 2 aliphatic heterocycles. The molecule has 2 atom stereocenters. The summed E-state index contributed by atoms with van der Waals surface area (Å²) in [6.07, 6.45) is 3.14. The van der Waals surface area contributed by atoms with Crippen LogP contribution in [0.2, 0.25) is 0 Å². The van der Waals surface area contributed by atoms with Gasteiger partial charge in [-0.2, -0.15) is 0 Å². The number of carboxylic acid groups (broad SMARTS) is 1. The van der Waals surface area contributed by atoms with Crippen molar-refractivity contribution in [2.24, 2.45) is 5.92 Å². The average Bonchev–Trinajstić information content (AvgIpc) is 3.01. The maximum Gasteiger partial charge on any atom is 0.335 e. The van der Waals surface area contributed by atoms with E-state index in [4.69, 9.17) is 5.11 Å². The van der Waals surface area contributed by atoms with E-state index in [0.717, 1.165) is 32.4 Å². The van der Waals surface area contributed by atoms with E-state index in [1.807, 2.05) is 4.90 Å². The van der Waals surface area contributed by atoms with Crippen LogP contribution < -0.4 is 10.9 Å². The van der Waals surface area contributed by atoms with Crippen LogP contribution in [-0.2, 0) is 0 Å². The third kappa shape index (κ3) is 3.54. The summed E-state index contributed by atoms with van der Waals surface area (Å²) in [5, 5.41) is 8.91. The molecule has 0 spiro atoms. The quantitative estimate of drug-likeness (QED) is 0.787. The van der Waals surface area contributed by atoms with E-state index in [2.05, 4.69) is 17.8 Å². The number of hydrogen-bond donors (Lipinski definition) is 3. The molecule has 6 nitrogen and oxygen atoms in total. The molecule has 1 aromatic rings. The van der Waals surface area contributed by atoms with E-state index in [1.54, 1.807) is 12.1 Å². The van der Waals surface area contributed by atoms with Gasteiger partial charge in [-0.3, -0.25) is 15.6 Å². The Labute approximate surface area is 135 Å². The molecule has 0 bridgehead atoms. The van der Waals surface area contributed by atoms with Crippen LogP contribution in [-0.4, -0.2) is 47.1 Å². The van der Waals surface area contributed by atoms with Gasteiger partial charge in [0, 0.05) is 30.7 Å². The summed E-state index contributed by atoms with van der Waals surface area (Å²) in [7, 11) is 0. The van der Waals surface area contributed by atoms with Gasteiger partial charge in [0.1, 0.15) is 0 Å². The van der Waals surface area contributed by atoms with Crippen molar-refractivity contribution < 1.29 is 14.7 Å². The average molecular weight is 317 g/mol. The molecule has 1 aromatic carbocycles. The lowest BCUT2D eigenvalue weighted by Gasteiger charge is -2.34. The number of aromatic carboxylic acids is 1. The molecule has 1 amide bonds. The van der Waals surface area contributed by atoms with Crippen LogP contribution in [0.3, 0.4) is 0 Å². The second-order valence-corrected chi connectivity index (χ2v) is 6.54. The van der Waals surface area contributed by atoms with Crippen LogP contribution in [0, 0.1) is 5.92 Å². The zero-order valence-electron chi connectivity index (χ0n) is 13.3. The Morgan fingerprint density at radius 3 is 2.22 bits per heavy atom. The van der Waals surface area contributed by atoms with Crippen LogP contribution in [0.5, 0.6) is 0 Å². The van der Waals surface area contributed by atoms with E-state index in [0.29, 0.717) is 23.6 Å². The maximum atomic E-state index is 12.5. The highest BCUT2D eigenvalue weighted by molar-refractivity contribution is 5.95. The highest BCUT2D eigenvalue weighted by Gasteiger charge is 2.32. The molecule has 6 heteroatoms. The van der Waals surface area contributed by atoms with Gasteiger partial charge in [-0.25, -0.2) is 4.79 Å². The molecule has 2 aliphatic rings. The standard InChI is InChI=1S/C17H23N3O3/c1-11-10-15(19-18-11)12-6-8-20(9-7-12)16(21)13-2-4-14(5-3-13)17(22)23/h2-5,11-12,15,18-19H,6-10H2,1H3,(H,22,23). The number of amides is 1. The van der Waals surface area contributed by atoms with Gasteiger partial charge in [0.05, 0.1) is 5.56 Å². The van der Waals surface area contributed by atoms with E-state index in [1.165, 1.54) is 12.1 Å². The van der Waals surface area contributed by atoms with Gasteiger partial charge >= 0.3 is 5.97 Å². The highest BCUT2D eigenvalue weighted by Crippen LogP contribution is 2.26. The molecular weight excluding hydrogens is 294 g/mol. The van der Waals surface area contributed by atoms with Gasteiger partial charge in [0.2, 0.25) is 0 Å². The number of carbonyl (C=O) groups is 2. The first-order chi connectivity index (χ1) is 11.0. The number of rotatable bonds is 3. The monoisotopic (exact) mass is 317 g/mol. The Kier molecular flexibility index (Phi) is 4.63. The maximum absolute atomic E-state index is 12.5. The number of hydrazine groups is 1. The smallest absolute Gasteiger partial charge is 0.335 e. The number of benzene rings is 1. The zero-order valence-corrected chi connectivity index (χ0v) is 13.3. The second-order valence-electron chi connectivity index (χ2n) is 6.54. The van der Waals surface area contributed by atoms with Crippen LogP contribution >= 0.6 is 0 Å². The van der Waals surface area contributed by atoms with Gasteiger partial charge in [-0.05, 0) is 56.4 Å². The second kappa shape index (κ2) is 6.68. The van der Waals surface area contributed by atoms with Crippen molar-refractivity contribution in [1.82, 2.24) is 15.8 Å². The van der Waals surface area contributed by atoms with Crippen molar-refractivity contribution in [3.63, 3.8) is 0 Å². The van der Waals surface area contributed by atoms with Crippen LogP contribution in [0.1, 0.15) is 46.9 Å². The summed E-state index contributed by atoms with van der Waals surface area (Å²) < 4.78 is 0. The third-order valence-electron chi connectivity index (χ3n) is 4.90. The van der Waals surface area contributed by atoms with Crippen molar-refractivity contribution >= 4 is 11.9 Å². The number of likely N-dealkylation sites (tertiary alicyclic amines) is 1. The molecule has 0 aromatic heterocycles. The molecule has 0 aliphatic carbocycles. The summed E-state index contributed by atoms with van der Waals surface area (Å²) >= 11 is 0. The van der Waals surface area contributed by atoms with Gasteiger partial charge in [-0.1, -0.05) is 0 Å². The van der Waals surface area contributed by atoms with Crippen LogP contribution in [0.25, 0.3) is 0 Å². The SMILES string of the molecule is CC1CC(C2CCN(C(=O)c3ccc(C(=O)O)cc3)CC2)NN1. The fourth-order valence-corrected chi connectivity index (χ4v) is 3.50. The van der Waals surface area contributed by atoms with Crippen molar-refractivity contribution in [3.8, 4) is 0 Å². The van der Waals surface area contributed by atoms with Crippen molar-refractivity contribution in [3.05, 3.63) is 35.4 Å². The molecular formula is C17H23N3O3. The Bertz CT molecular complexity index is 579. The van der Waals surface area contributed by atoms with Crippen molar-refractivity contribution in [2.45, 2.75) is 38.3 Å². The van der Waals surface area contributed by atoms with E-state index in [-0.39, 0.29) is 11.5 Å². The Morgan fingerprint density at radius 2 is 1.70 bits per heavy atom. The Balaban J connectivity index is 1.56. The molecule has 124 valence electrons. The fourth-order valence-electron chi connectivity index (χ4n) is 3.50. The van der Waals surface area contributed by atoms with Gasteiger partial charge < -0.3 is 10.0 Å². The van der Waals surface area contributed by atoms with Crippen LogP contribution in [0.15, 0.2) is 24.3 Å². The van der Waals surface area contributed by atoms with E-state index >= 15 is 0 Å². The molecule has 2 fully saturated rings. The van der Waals surface area contributed by atoms with Gasteiger partial charge in [0.25, 0.3) is 5.91 Å². The van der Waals surface area contributed by atoms with E-state index < -0.39 is 5.97 Å². The molecule has 23 heavy (non-hydrogen) atoms. The molecule has 2 unspecified atom stereocenters. The molecule has 3 N–H and O–H groups in total. The third-order valence-corrected chi connectivity index (χ3v) is 4.90. The minimum Gasteiger partial charge on any atom is -0.478 e. The molecule has 0 saturated carbocycles. The lowest BCUT2D eigenvalue weighted by molar-refractivity contribution is 0.0667. The number of nitrogens with zero attached hydrogens (tertiary/aromatic N) is 1. The molecule has 0 radical (unpaired) electrons. The Morgan fingerprint density at radius 1 is 1.09 bits per heavy atom. The lowest BCUT2D eigenvalue weighted by Crippen LogP contribution is -2.44. The first kappa shape index (κ1) is 16.0. The summed E-state index contributed by atoms with van der Waals surface area (Å²) in [6.45, 7) is 3.69. The lowest BCUT2D eigenvalue weighted by atomic mass is 9.87. The highest BCUT2D eigenvalue weighted by atomic mass is 16.4. The predicted octanol–water partition coefficient (Wildman–Crippen LogP) is 1.49. The fraction of sp³-hybridized carbons (Fsp3) is 0.529. The zero-order chi connectivity index (χ0) is 16.4. The normalized spacial score (nSPS) is 25.5. The molecule has 2 saturated heterocycles. The van der Waals surface area contributed by atoms with Gasteiger partial charge in [0.15, 0.2) is 0 Å². The minimum atomic E-state index is -0.975. The number of carbonyl (C=O) groups excluding carboxylic acids is 1. The largest absolute Gasteiger partial charge is 0.478 e. The molecule has 2 heterocycles. The number of carboxylic acids is 1. The topological polar surface area (TPSA) is 81.7 Å². The number of nitrogens with one attached hydrogen (secondary N) is 2. The summed E-state index contributed by atoms with van der Waals surface area (Å²) in [5.74, 6) is -0.381. The van der Waals surface area contributed by atoms with E-state index in [9.17, 15) is 9.59 Å². The van der Waals surface area contributed by atoms with Crippen LogP contribution in [0.4, 0.5) is 0 Å². The first-order valence-electron chi connectivity index (χ1n) is 8.18. The summed E-state index contributed by atoms with van der Waals surface area (Å²) in [5.41, 5.74) is 7.38. The number of hydrogen-bond acceptors (Lipinski definition) is 4. The molecule has 3 rings (SSSR count). The number of piperidine rings is 1. The predicted molar refractivity (Wildman–Crippen MR) is 86.2 cm³/mol. The van der Waals surface area contributed by atoms with Crippen molar-refractivity contribution in [1.29, 1.82) is 0 Å². The van der Waals surface area contributed by atoms with Gasteiger partial charge in [-0.15, -0.1) is 0 Å². The summed E-state index contributed by atoms with van der Waals surface area (Å²) in [4.78, 5) is 25.2. The minimum absolute atomic E-state index is 0.00809.